The number of rotatable bonds is 6. The van der Waals surface area contributed by atoms with Gasteiger partial charge < -0.3 is 16.0 Å². The number of nitrogen functional groups attached to an aromatic ring is 1. The molecule has 0 aliphatic heterocycles. The molecule has 2 heterocycles. The van der Waals surface area contributed by atoms with Crippen LogP contribution in [0.3, 0.4) is 0 Å². The summed E-state index contributed by atoms with van der Waals surface area (Å²) in [6.45, 7) is 1.41. The Bertz CT molecular complexity index is 1830. The molecule has 4 aromatic rings. The third kappa shape index (κ3) is 8.93. The van der Waals surface area contributed by atoms with Crippen LogP contribution in [-0.4, -0.2) is 82.9 Å². The van der Waals surface area contributed by atoms with Crippen LogP contribution in [0.2, 0.25) is 0 Å². The number of nitrogens with zero attached hydrogens (tertiary/aromatic N) is 9. The third-order valence-electron chi connectivity index (χ3n) is 6.15. The minimum atomic E-state index is -4.59. The molecule has 0 saturated carbocycles. The van der Waals surface area contributed by atoms with E-state index < -0.39 is 47.8 Å². The molecule has 4 amide bonds. The molecule has 0 unspecified atom stereocenters. The van der Waals surface area contributed by atoms with E-state index in [9.17, 15) is 36.3 Å². The van der Waals surface area contributed by atoms with Crippen molar-refractivity contribution in [2.45, 2.75) is 20.0 Å². The molecule has 0 spiro atoms. The summed E-state index contributed by atoms with van der Waals surface area (Å²) in [5, 5.41) is 27.8. The second-order valence-corrected chi connectivity index (χ2v) is 11.2. The monoisotopic (exact) mass is 795 g/mol. The van der Waals surface area contributed by atoms with Crippen LogP contribution >= 0.6 is 31.9 Å². The standard InChI is InChI=1S/C14H14BrF4N7O2.C10H10BrFN6O/c1-6-9(11(27)21-12-22-23-24-26(12)3)8(16)4-7(15)10(6)20-13(28)25(2)5-14(17,18)19;1-4-7(6(12)3-5(11)8(4)13)9(19)14-10-15-16-17-18(10)2/h4H,5H2,1-3H3,(H,20,28)(H,21,22,24,27);3H,13H2,1-2H3,(H,14,15,17,19). The summed E-state index contributed by atoms with van der Waals surface area (Å²) < 4.78 is 68.4. The predicted molar refractivity (Wildman–Crippen MR) is 163 cm³/mol. The summed E-state index contributed by atoms with van der Waals surface area (Å²) in [4.78, 5) is 36.9. The number of nitrogens with one attached hydrogen (secondary N) is 3. The zero-order valence-electron chi connectivity index (χ0n) is 24.8. The van der Waals surface area contributed by atoms with E-state index in [1.165, 1.54) is 18.7 Å². The number of hydrogen-bond acceptors (Lipinski definition) is 10. The summed E-state index contributed by atoms with van der Waals surface area (Å²) in [7, 11) is 3.95. The molecule has 47 heavy (non-hydrogen) atoms. The Balaban J connectivity index is 0.000000274. The molecule has 5 N–H and O–H groups in total. The van der Waals surface area contributed by atoms with Crippen molar-refractivity contribution < 1.29 is 36.3 Å². The van der Waals surface area contributed by atoms with Gasteiger partial charge in [0.1, 0.15) is 18.2 Å². The zero-order chi connectivity index (χ0) is 35.4. The first kappa shape index (κ1) is 36.7. The van der Waals surface area contributed by atoms with E-state index in [4.69, 9.17) is 5.73 Å². The van der Waals surface area contributed by atoms with Gasteiger partial charge in [0.15, 0.2) is 0 Å². The van der Waals surface area contributed by atoms with E-state index in [0.29, 0.717) is 20.6 Å². The molecule has 16 nitrogen and oxygen atoms in total. The highest BCUT2D eigenvalue weighted by atomic mass is 79.9. The maximum Gasteiger partial charge on any atom is 0.406 e. The quantitative estimate of drug-likeness (QED) is 0.163. The number of amides is 4. The Morgan fingerprint density at radius 3 is 1.72 bits per heavy atom. The molecule has 0 bridgehead atoms. The Morgan fingerprint density at radius 1 is 0.851 bits per heavy atom. The molecule has 0 fully saturated rings. The fourth-order valence-corrected chi connectivity index (χ4v) is 4.84. The number of hydrogen-bond donors (Lipinski definition) is 4. The second-order valence-electron chi connectivity index (χ2n) is 9.53. The number of tetrazole rings is 2. The van der Waals surface area contributed by atoms with Gasteiger partial charge in [-0.15, -0.1) is 0 Å². The van der Waals surface area contributed by atoms with E-state index in [0.717, 1.165) is 23.9 Å². The van der Waals surface area contributed by atoms with E-state index in [1.54, 1.807) is 14.0 Å². The van der Waals surface area contributed by atoms with Crippen molar-refractivity contribution in [3.8, 4) is 0 Å². The summed E-state index contributed by atoms with van der Waals surface area (Å²) in [5.41, 5.74) is 5.78. The first-order chi connectivity index (χ1) is 21.8. The van der Waals surface area contributed by atoms with Crippen molar-refractivity contribution in [3.63, 3.8) is 0 Å². The molecular weight excluding hydrogens is 773 g/mol. The van der Waals surface area contributed by atoms with Gasteiger partial charge in [-0.1, -0.05) is 10.2 Å². The first-order valence-electron chi connectivity index (χ1n) is 12.7. The number of aromatic nitrogens is 8. The van der Waals surface area contributed by atoms with Gasteiger partial charge >= 0.3 is 12.2 Å². The molecule has 0 radical (unpaired) electrons. The zero-order valence-corrected chi connectivity index (χ0v) is 28.0. The van der Waals surface area contributed by atoms with Crippen molar-refractivity contribution >= 4 is 73.0 Å². The van der Waals surface area contributed by atoms with Crippen molar-refractivity contribution in [1.82, 2.24) is 45.3 Å². The van der Waals surface area contributed by atoms with Gasteiger partial charge in [0.25, 0.3) is 11.8 Å². The van der Waals surface area contributed by atoms with Crippen LogP contribution in [0.1, 0.15) is 31.8 Å². The lowest BCUT2D eigenvalue weighted by Crippen LogP contribution is -2.38. The molecule has 0 aliphatic carbocycles. The summed E-state index contributed by atoms with van der Waals surface area (Å²) in [6.07, 6.45) is -4.59. The highest BCUT2D eigenvalue weighted by molar-refractivity contribution is 9.11. The van der Waals surface area contributed by atoms with Crippen LogP contribution < -0.4 is 21.7 Å². The summed E-state index contributed by atoms with van der Waals surface area (Å²) in [6, 6.07) is 0.971. The maximum atomic E-state index is 14.4. The minimum Gasteiger partial charge on any atom is -0.398 e. The lowest BCUT2D eigenvalue weighted by atomic mass is 10.1. The lowest BCUT2D eigenvalue weighted by Gasteiger charge is -2.21. The predicted octanol–water partition coefficient (Wildman–Crippen LogP) is 3.95. The van der Waals surface area contributed by atoms with Gasteiger partial charge in [-0.25, -0.2) is 22.9 Å². The van der Waals surface area contributed by atoms with Gasteiger partial charge in [0, 0.05) is 35.8 Å². The number of carbonyl (C=O) groups is 3. The van der Waals surface area contributed by atoms with Gasteiger partial charge in [-0.3, -0.25) is 20.2 Å². The first-order valence-corrected chi connectivity index (χ1v) is 14.3. The van der Waals surface area contributed by atoms with Gasteiger partial charge in [0.05, 0.1) is 16.8 Å². The van der Waals surface area contributed by atoms with E-state index >= 15 is 0 Å². The van der Waals surface area contributed by atoms with Gasteiger partial charge in [-0.05, 0) is 89.8 Å². The molecule has 2 aromatic carbocycles. The van der Waals surface area contributed by atoms with Crippen LogP contribution in [-0.2, 0) is 14.1 Å². The number of nitrogens with two attached hydrogens (primary N) is 1. The highest BCUT2D eigenvalue weighted by Crippen LogP contribution is 2.32. The van der Waals surface area contributed by atoms with E-state index in [2.05, 4.69) is 78.9 Å². The van der Waals surface area contributed by atoms with E-state index in [-0.39, 0.29) is 33.2 Å². The fraction of sp³-hybridized carbons (Fsp3) is 0.292. The van der Waals surface area contributed by atoms with Crippen molar-refractivity contribution in [2.24, 2.45) is 14.1 Å². The highest BCUT2D eigenvalue weighted by Gasteiger charge is 2.32. The SMILES string of the molecule is Cc1c(N)c(Br)cc(F)c1C(=O)Nc1nnnn1C.Cc1c(NC(=O)N(C)CC(F)(F)F)c(Br)cc(F)c1C(=O)Nc1nnnn1C. The summed E-state index contributed by atoms with van der Waals surface area (Å²) >= 11 is 6.15. The molecule has 0 aliphatic rings. The molecular formula is C24H24Br2F5N13O3. The molecule has 23 heteroatoms. The van der Waals surface area contributed by atoms with Crippen LogP contribution in [0.25, 0.3) is 0 Å². The molecule has 0 saturated heterocycles. The van der Waals surface area contributed by atoms with Crippen LogP contribution in [0.4, 0.5) is 50.0 Å². The number of anilines is 4. The Labute approximate surface area is 278 Å². The van der Waals surface area contributed by atoms with Crippen LogP contribution in [0.5, 0.6) is 0 Å². The normalized spacial score (nSPS) is 11.0. The largest absolute Gasteiger partial charge is 0.406 e. The average Bonchev–Trinajstić information content (AvgIpc) is 3.55. The van der Waals surface area contributed by atoms with Crippen molar-refractivity contribution in [2.75, 3.05) is 35.3 Å². The smallest absolute Gasteiger partial charge is 0.398 e. The second kappa shape index (κ2) is 14.7. The number of halogens is 7. The molecule has 2 aromatic heterocycles. The van der Waals surface area contributed by atoms with Crippen LogP contribution in [0, 0.1) is 25.5 Å². The topological polar surface area (TPSA) is 204 Å². The Hall–Kier alpha value is -4.80. The van der Waals surface area contributed by atoms with Crippen molar-refractivity contribution in [3.05, 3.63) is 55.0 Å². The van der Waals surface area contributed by atoms with E-state index in [1.807, 2.05) is 0 Å². The van der Waals surface area contributed by atoms with Crippen molar-refractivity contribution in [1.29, 1.82) is 0 Å². The third-order valence-corrected chi connectivity index (χ3v) is 7.43. The van der Waals surface area contributed by atoms with Gasteiger partial charge in [0.2, 0.25) is 11.9 Å². The fourth-order valence-electron chi connectivity index (χ4n) is 3.75. The maximum absolute atomic E-state index is 14.4. The summed E-state index contributed by atoms with van der Waals surface area (Å²) in [5.74, 6) is -3.09. The number of carbonyl (C=O) groups excluding carboxylic acids is 3. The molecule has 252 valence electrons. The van der Waals surface area contributed by atoms with Gasteiger partial charge in [-0.2, -0.15) is 13.2 Å². The average molecular weight is 797 g/mol. The number of urea groups is 1. The molecule has 0 atom stereocenters. The minimum absolute atomic E-state index is 0.00624. The Morgan fingerprint density at radius 2 is 1.30 bits per heavy atom. The number of alkyl halides is 3. The van der Waals surface area contributed by atoms with Crippen LogP contribution in [0.15, 0.2) is 21.1 Å². The molecule has 4 rings (SSSR count). The Kier molecular flexibility index (Phi) is 11.5. The lowest BCUT2D eigenvalue weighted by molar-refractivity contribution is -0.137. The number of aryl methyl sites for hydroxylation is 2. The number of benzene rings is 2.